The Kier molecular flexibility index (Phi) is 3.70. The summed E-state index contributed by atoms with van der Waals surface area (Å²) >= 11 is 0. The maximum absolute atomic E-state index is 12.3. The average Bonchev–Trinajstić information content (AvgIpc) is 3.26. The minimum Gasteiger partial charge on any atom is -0.375 e. The van der Waals surface area contributed by atoms with Crippen LogP contribution in [0.2, 0.25) is 0 Å². The molecule has 3 aliphatic rings. The van der Waals surface area contributed by atoms with Crippen LogP contribution in [0.5, 0.6) is 0 Å². The number of morpholine rings is 1. The van der Waals surface area contributed by atoms with Crippen molar-refractivity contribution in [3.05, 3.63) is 0 Å². The maximum atomic E-state index is 12.3. The van der Waals surface area contributed by atoms with Gasteiger partial charge in [-0.3, -0.25) is 0 Å². The Morgan fingerprint density at radius 3 is 2.47 bits per heavy atom. The average molecular weight is 266 g/mol. The lowest BCUT2D eigenvalue weighted by molar-refractivity contribution is -0.0377. The zero-order chi connectivity index (χ0) is 13.4. The normalized spacial score (nSPS) is 31.6. The lowest BCUT2D eigenvalue weighted by Crippen LogP contribution is -2.55. The fourth-order valence-electron chi connectivity index (χ4n) is 3.29. The minimum absolute atomic E-state index is 0.106. The number of amides is 2. The number of hydrogen-bond acceptors (Lipinski definition) is 2. The van der Waals surface area contributed by atoms with Crippen molar-refractivity contribution >= 4 is 6.03 Å². The van der Waals surface area contributed by atoms with Crippen LogP contribution < -0.4 is 5.32 Å². The molecule has 4 heteroatoms. The summed E-state index contributed by atoms with van der Waals surface area (Å²) in [5.74, 6) is 2.54. The van der Waals surface area contributed by atoms with Gasteiger partial charge in [-0.2, -0.15) is 0 Å². The summed E-state index contributed by atoms with van der Waals surface area (Å²) in [7, 11) is 0. The summed E-state index contributed by atoms with van der Waals surface area (Å²) in [6.07, 6.45) is 5.65. The first-order chi connectivity index (χ1) is 9.16. The van der Waals surface area contributed by atoms with Gasteiger partial charge in [0.1, 0.15) is 0 Å². The van der Waals surface area contributed by atoms with Crippen LogP contribution >= 0.6 is 0 Å². The van der Waals surface area contributed by atoms with Gasteiger partial charge in [-0.05, 0) is 57.3 Å². The molecule has 2 aliphatic carbocycles. The molecular weight excluding hydrogens is 240 g/mol. The molecular formula is C15H26N2O2. The van der Waals surface area contributed by atoms with E-state index < -0.39 is 0 Å². The highest BCUT2D eigenvalue weighted by molar-refractivity contribution is 5.74. The Hall–Kier alpha value is -0.770. The molecule has 1 heterocycles. The summed E-state index contributed by atoms with van der Waals surface area (Å²) in [5, 5.41) is 3.18. The third-order valence-electron chi connectivity index (χ3n) is 5.09. The molecule has 0 aromatic heterocycles. The lowest BCUT2D eigenvalue weighted by atomic mass is 9.98. The van der Waals surface area contributed by atoms with Crippen molar-refractivity contribution in [2.45, 2.75) is 51.7 Å². The number of carbonyl (C=O) groups excluding carboxylic acids is 1. The molecule has 2 saturated carbocycles. The molecule has 1 aliphatic heterocycles. The van der Waals surface area contributed by atoms with E-state index in [0.717, 1.165) is 30.8 Å². The fourth-order valence-corrected chi connectivity index (χ4v) is 3.29. The molecule has 0 aromatic carbocycles. The Morgan fingerprint density at radius 2 is 1.89 bits per heavy atom. The predicted molar refractivity (Wildman–Crippen MR) is 73.9 cm³/mol. The molecule has 0 aromatic rings. The minimum atomic E-state index is 0.106. The zero-order valence-corrected chi connectivity index (χ0v) is 12.1. The Balaban J connectivity index is 1.49. The topological polar surface area (TPSA) is 41.6 Å². The van der Waals surface area contributed by atoms with Gasteiger partial charge in [-0.1, -0.05) is 0 Å². The van der Waals surface area contributed by atoms with Gasteiger partial charge in [0.2, 0.25) is 0 Å². The van der Waals surface area contributed by atoms with E-state index in [0.29, 0.717) is 6.61 Å². The van der Waals surface area contributed by atoms with Crippen molar-refractivity contribution < 1.29 is 9.53 Å². The van der Waals surface area contributed by atoms with E-state index in [2.05, 4.69) is 12.2 Å². The van der Waals surface area contributed by atoms with Gasteiger partial charge in [-0.25, -0.2) is 4.79 Å². The van der Waals surface area contributed by atoms with Gasteiger partial charge >= 0.3 is 6.03 Å². The third-order valence-corrected chi connectivity index (χ3v) is 5.09. The van der Waals surface area contributed by atoms with Crippen LogP contribution in [-0.4, -0.2) is 42.8 Å². The summed E-state index contributed by atoms with van der Waals surface area (Å²) in [4.78, 5) is 14.2. The summed E-state index contributed by atoms with van der Waals surface area (Å²) in [6.45, 7) is 6.37. The van der Waals surface area contributed by atoms with Crippen LogP contribution in [-0.2, 0) is 4.74 Å². The third kappa shape index (κ3) is 3.04. The van der Waals surface area contributed by atoms with Crippen LogP contribution in [0.4, 0.5) is 4.79 Å². The largest absolute Gasteiger partial charge is 0.375 e. The number of ether oxygens (including phenoxy) is 1. The smallest absolute Gasteiger partial charge is 0.317 e. The predicted octanol–water partition coefficient (Wildman–Crippen LogP) is 2.24. The quantitative estimate of drug-likeness (QED) is 0.848. The number of hydrogen-bond donors (Lipinski definition) is 1. The van der Waals surface area contributed by atoms with Crippen molar-refractivity contribution in [2.24, 2.45) is 17.8 Å². The molecule has 3 rings (SSSR count). The van der Waals surface area contributed by atoms with Gasteiger partial charge in [0.05, 0.1) is 18.8 Å². The van der Waals surface area contributed by atoms with Crippen LogP contribution in [0.25, 0.3) is 0 Å². The van der Waals surface area contributed by atoms with Crippen LogP contribution in [0.1, 0.15) is 39.5 Å². The highest BCUT2D eigenvalue weighted by atomic mass is 16.5. The molecule has 4 nitrogen and oxygen atoms in total. The number of nitrogens with one attached hydrogen (secondary N) is 1. The highest BCUT2D eigenvalue weighted by Crippen LogP contribution is 2.48. The molecule has 1 N–H and O–H groups in total. The van der Waals surface area contributed by atoms with Gasteiger partial charge in [0.25, 0.3) is 0 Å². The van der Waals surface area contributed by atoms with Crippen molar-refractivity contribution in [1.29, 1.82) is 0 Å². The van der Waals surface area contributed by atoms with Crippen LogP contribution in [0, 0.1) is 17.8 Å². The molecule has 3 fully saturated rings. The molecule has 1 saturated heterocycles. The Morgan fingerprint density at radius 1 is 1.26 bits per heavy atom. The molecule has 2 amide bonds. The van der Waals surface area contributed by atoms with Crippen molar-refractivity contribution in [2.75, 3.05) is 19.7 Å². The molecule has 108 valence electrons. The van der Waals surface area contributed by atoms with Crippen molar-refractivity contribution in [3.63, 3.8) is 0 Å². The maximum Gasteiger partial charge on any atom is 0.317 e. The zero-order valence-electron chi connectivity index (χ0n) is 12.1. The van der Waals surface area contributed by atoms with Crippen LogP contribution in [0.15, 0.2) is 0 Å². The van der Waals surface area contributed by atoms with Gasteiger partial charge in [0.15, 0.2) is 0 Å². The van der Waals surface area contributed by atoms with E-state index in [4.69, 9.17) is 4.74 Å². The monoisotopic (exact) mass is 266 g/mol. The summed E-state index contributed by atoms with van der Waals surface area (Å²) in [6, 6.07) is 0.281. The van der Waals surface area contributed by atoms with E-state index in [1.165, 1.54) is 25.7 Å². The number of nitrogens with zero attached hydrogens (tertiary/aromatic N) is 1. The van der Waals surface area contributed by atoms with Crippen LogP contribution in [0.3, 0.4) is 0 Å². The van der Waals surface area contributed by atoms with Gasteiger partial charge in [0, 0.05) is 13.1 Å². The lowest BCUT2D eigenvalue weighted by Gasteiger charge is -2.38. The van der Waals surface area contributed by atoms with E-state index in [1.54, 1.807) is 0 Å². The Labute approximate surface area is 115 Å². The van der Waals surface area contributed by atoms with E-state index in [-0.39, 0.29) is 18.2 Å². The van der Waals surface area contributed by atoms with Crippen molar-refractivity contribution in [3.8, 4) is 0 Å². The second-order valence-electron chi connectivity index (χ2n) is 6.53. The van der Waals surface area contributed by atoms with E-state index in [1.807, 2.05) is 11.8 Å². The molecule has 0 radical (unpaired) electrons. The molecule has 0 unspecified atom stereocenters. The SMILES string of the molecule is C[C@@H]1[C@@H](C)OCCN1C(=O)NCC(C1CC1)C1CC1. The number of rotatable bonds is 4. The summed E-state index contributed by atoms with van der Waals surface area (Å²) in [5.41, 5.74) is 0. The number of urea groups is 1. The first-order valence-electron chi connectivity index (χ1n) is 7.83. The second kappa shape index (κ2) is 5.31. The first kappa shape index (κ1) is 13.2. The van der Waals surface area contributed by atoms with E-state index >= 15 is 0 Å². The van der Waals surface area contributed by atoms with Gasteiger partial charge in [-0.15, -0.1) is 0 Å². The first-order valence-corrected chi connectivity index (χ1v) is 7.83. The molecule has 0 bridgehead atoms. The van der Waals surface area contributed by atoms with Crippen molar-refractivity contribution in [1.82, 2.24) is 10.2 Å². The van der Waals surface area contributed by atoms with E-state index in [9.17, 15) is 4.79 Å². The molecule has 19 heavy (non-hydrogen) atoms. The molecule has 2 atom stereocenters. The fraction of sp³-hybridized carbons (Fsp3) is 0.933. The summed E-state index contributed by atoms with van der Waals surface area (Å²) < 4.78 is 5.57. The van der Waals surface area contributed by atoms with Gasteiger partial charge < -0.3 is 15.0 Å². The molecule has 0 spiro atoms. The Bertz CT molecular complexity index is 327. The second-order valence-corrected chi connectivity index (χ2v) is 6.53. The number of carbonyl (C=O) groups is 1. The standard InChI is InChI=1S/C15H26N2O2/c1-10-11(2)19-8-7-17(10)15(18)16-9-14(12-3-4-12)13-5-6-13/h10-14H,3-9H2,1-2H3,(H,16,18)/t10-,11-/m1/s1. The highest BCUT2D eigenvalue weighted by Gasteiger charge is 2.41.